The molecule has 0 aromatic heterocycles. The lowest BCUT2D eigenvalue weighted by atomic mass is 9.81. The monoisotopic (exact) mass is 281 g/mol. The molecule has 2 rings (SSSR count). The lowest BCUT2D eigenvalue weighted by Gasteiger charge is -2.31. The minimum absolute atomic E-state index is 0.274. The van der Waals surface area contributed by atoms with E-state index in [0.29, 0.717) is 22.4 Å². The van der Waals surface area contributed by atoms with E-state index in [1.165, 1.54) is 0 Å². The Kier molecular flexibility index (Phi) is 3.90. The zero-order valence-electron chi connectivity index (χ0n) is 11.9. The van der Waals surface area contributed by atoms with Crippen LogP contribution in [0.5, 0.6) is 0 Å². The number of hydrogen-bond donors (Lipinski definition) is 1. The van der Waals surface area contributed by atoms with E-state index in [9.17, 15) is 8.42 Å². The van der Waals surface area contributed by atoms with Crippen molar-refractivity contribution in [2.75, 3.05) is 5.73 Å². The van der Waals surface area contributed by atoms with Gasteiger partial charge in [0.05, 0.1) is 15.8 Å². The predicted molar refractivity (Wildman–Crippen MR) is 78.7 cm³/mol. The highest BCUT2D eigenvalue weighted by Crippen LogP contribution is 2.36. The van der Waals surface area contributed by atoms with Crippen molar-refractivity contribution in [3.8, 4) is 0 Å². The van der Waals surface area contributed by atoms with Crippen molar-refractivity contribution in [1.29, 1.82) is 0 Å². The molecule has 0 heterocycles. The fourth-order valence-electron chi connectivity index (χ4n) is 2.89. The Balaban J connectivity index is 2.32. The number of benzene rings is 1. The Hall–Kier alpha value is -1.03. The lowest BCUT2D eigenvalue weighted by Crippen LogP contribution is -2.31. The maximum atomic E-state index is 12.7. The molecule has 3 nitrogen and oxygen atoms in total. The third-order valence-electron chi connectivity index (χ3n) is 4.46. The number of nitrogens with two attached hydrogens (primary N) is 1. The first-order valence-corrected chi connectivity index (χ1v) is 8.47. The van der Waals surface area contributed by atoms with Crippen LogP contribution in [0.3, 0.4) is 0 Å². The summed E-state index contributed by atoms with van der Waals surface area (Å²) in [6.45, 7) is 6.26. The third-order valence-corrected chi connectivity index (χ3v) is 6.75. The molecule has 3 unspecified atom stereocenters. The van der Waals surface area contributed by atoms with E-state index in [2.05, 4.69) is 13.8 Å². The standard InChI is InChI=1S/C15H23NO2S/c1-10-4-7-15(14(16)8-10)19(17,18)13-6-5-11(2)12(3)9-13/h4,7-8,11-13H,5-6,9,16H2,1-3H3. The van der Waals surface area contributed by atoms with Crippen LogP contribution in [0.4, 0.5) is 5.69 Å². The number of aryl methyl sites for hydroxylation is 1. The minimum atomic E-state index is -3.29. The van der Waals surface area contributed by atoms with Gasteiger partial charge in [-0.3, -0.25) is 0 Å². The van der Waals surface area contributed by atoms with Crippen LogP contribution in [0.15, 0.2) is 23.1 Å². The van der Waals surface area contributed by atoms with E-state index < -0.39 is 9.84 Å². The molecule has 4 heteroatoms. The first-order valence-electron chi connectivity index (χ1n) is 6.92. The Morgan fingerprint density at radius 1 is 1.16 bits per heavy atom. The van der Waals surface area contributed by atoms with Gasteiger partial charge in [-0.05, 0) is 55.7 Å². The summed E-state index contributed by atoms with van der Waals surface area (Å²) in [7, 11) is -3.29. The van der Waals surface area contributed by atoms with Crippen molar-refractivity contribution in [3.05, 3.63) is 23.8 Å². The number of hydrogen-bond acceptors (Lipinski definition) is 3. The molecule has 1 aromatic rings. The van der Waals surface area contributed by atoms with E-state index in [4.69, 9.17) is 5.73 Å². The van der Waals surface area contributed by atoms with Crippen molar-refractivity contribution >= 4 is 15.5 Å². The van der Waals surface area contributed by atoms with Crippen LogP contribution in [0.2, 0.25) is 0 Å². The summed E-state index contributed by atoms with van der Waals surface area (Å²) in [6.07, 6.45) is 2.48. The fourth-order valence-corrected chi connectivity index (χ4v) is 4.89. The molecule has 0 amide bonds. The van der Waals surface area contributed by atoms with Crippen molar-refractivity contribution < 1.29 is 8.42 Å². The van der Waals surface area contributed by atoms with Crippen LogP contribution in [-0.4, -0.2) is 13.7 Å². The lowest BCUT2D eigenvalue weighted by molar-refractivity contribution is 0.278. The predicted octanol–water partition coefficient (Wildman–Crippen LogP) is 3.18. The molecule has 1 fully saturated rings. The highest BCUT2D eigenvalue weighted by Gasteiger charge is 2.35. The maximum Gasteiger partial charge on any atom is 0.183 e. The third kappa shape index (κ3) is 2.78. The average molecular weight is 281 g/mol. The number of sulfone groups is 1. The van der Waals surface area contributed by atoms with Gasteiger partial charge in [-0.2, -0.15) is 0 Å². The van der Waals surface area contributed by atoms with Crippen LogP contribution in [0, 0.1) is 18.8 Å². The maximum absolute atomic E-state index is 12.7. The normalized spacial score (nSPS) is 28.3. The van der Waals surface area contributed by atoms with Crippen molar-refractivity contribution in [2.24, 2.45) is 11.8 Å². The van der Waals surface area contributed by atoms with E-state index >= 15 is 0 Å². The Morgan fingerprint density at radius 2 is 1.84 bits per heavy atom. The summed E-state index contributed by atoms with van der Waals surface area (Å²) in [5.74, 6) is 1.07. The molecular weight excluding hydrogens is 258 g/mol. The topological polar surface area (TPSA) is 60.2 Å². The molecule has 0 radical (unpaired) electrons. The Morgan fingerprint density at radius 3 is 2.42 bits per heavy atom. The zero-order valence-corrected chi connectivity index (χ0v) is 12.7. The molecule has 1 aliphatic rings. The van der Waals surface area contributed by atoms with Gasteiger partial charge in [0.15, 0.2) is 9.84 Å². The second-order valence-electron chi connectivity index (χ2n) is 5.98. The number of nitrogen functional groups attached to an aromatic ring is 1. The summed E-state index contributed by atoms with van der Waals surface area (Å²) >= 11 is 0. The van der Waals surface area contributed by atoms with Crippen molar-refractivity contribution in [2.45, 2.75) is 50.2 Å². The van der Waals surface area contributed by atoms with Gasteiger partial charge < -0.3 is 5.73 Å². The quantitative estimate of drug-likeness (QED) is 0.847. The molecule has 2 N–H and O–H groups in total. The van der Waals surface area contributed by atoms with Crippen LogP contribution in [0.1, 0.15) is 38.7 Å². The first kappa shape index (κ1) is 14.4. The van der Waals surface area contributed by atoms with Gasteiger partial charge in [0.2, 0.25) is 0 Å². The molecule has 0 bridgehead atoms. The van der Waals surface area contributed by atoms with Gasteiger partial charge in [-0.25, -0.2) is 8.42 Å². The minimum Gasteiger partial charge on any atom is -0.398 e. The first-order chi connectivity index (χ1) is 8.82. The van der Waals surface area contributed by atoms with E-state index in [1.807, 2.05) is 13.0 Å². The summed E-state index contributed by atoms with van der Waals surface area (Å²) < 4.78 is 25.4. The highest BCUT2D eigenvalue weighted by atomic mass is 32.2. The van der Waals surface area contributed by atoms with Gasteiger partial charge in [0.1, 0.15) is 0 Å². The summed E-state index contributed by atoms with van der Waals surface area (Å²) in [5.41, 5.74) is 7.27. The van der Waals surface area contributed by atoms with Gasteiger partial charge in [-0.15, -0.1) is 0 Å². The largest absolute Gasteiger partial charge is 0.398 e. The molecule has 1 saturated carbocycles. The van der Waals surface area contributed by atoms with Crippen LogP contribution in [0.25, 0.3) is 0 Å². The second-order valence-corrected chi connectivity index (χ2v) is 8.17. The number of rotatable bonds is 2. The Labute approximate surface area is 116 Å². The summed E-state index contributed by atoms with van der Waals surface area (Å²) in [6, 6.07) is 5.21. The molecule has 0 saturated heterocycles. The van der Waals surface area contributed by atoms with Crippen LogP contribution in [-0.2, 0) is 9.84 Å². The molecule has 1 aliphatic carbocycles. The summed E-state index contributed by atoms with van der Waals surface area (Å²) in [4.78, 5) is 0.310. The molecule has 106 valence electrons. The average Bonchev–Trinajstić information content (AvgIpc) is 2.32. The van der Waals surface area contributed by atoms with Gasteiger partial charge in [0, 0.05) is 0 Å². The molecule has 0 aliphatic heterocycles. The SMILES string of the molecule is Cc1ccc(S(=O)(=O)C2CCC(C)C(C)C2)c(N)c1. The molecule has 0 spiro atoms. The van der Waals surface area contributed by atoms with E-state index in [1.54, 1.807) is 12.1 Å². The van der Waals surface area contributed by atoms with Crippen molar-refractivity contribution in [1.82, 2.24) is 0 Å². The van der Waals surface area contributed by atoms with Crippen LogP contribution >= 0.6 is 0 Å². The number of anilines is 1. The molecular formula is C15H23NO2S. The van der Waals surface area contributed by atoms with Gasteiger partial charge >= 0.3 is 0 Å². The fraction of sp³-hybridized carbons (Fsp3) is 0.600. The molecule has 3 atom stereocenters. The van der Waals surface area contributed by atoms with E-state index in [0.717, 1.165) is 24.8 Å². The van der Waals surface area contributed by atoms with E-state index in [-0.39, 0.29) is 5.25 Å². The smallest absolute Gasteiger partial charge is 0.183 e. The van der Waals surface area contributed by atoms with Crippen molar-refractivity contribution in [3.63, 3.8) is 0 Å². The van der Waals surface area contributed by atoms with Gasteiger partial charge in [-0.1, -0.05) is 19.9 Å². The van der Waals surface area contributed by atoms with Crippen LogP contribution < -0.4 is 5.73 Å². The summed E-state index contributed by atoms with van der Waals surface area (Å²) in [5, 5.41) is -0.274. The molecule has 1 aromatic carbocycles. The zero-order chi connectivity index (χ0) is 14.2. The van der Waals surface area contributed by atoms with Gasteiger partial charge in [0.25, 0.3) is 0 Å². The highest BCUT2D eigenvalue weighted by molar-refractivity contribution is 7.92. The Bertz CT molecular complexity index is 566. The molecule has 19 heavy (non-hydrogen) atoms. The second kappa shape index (κ2) is 5.16.